The average Bonchev–Trinajstić information content (AvgIpc) is 3.48. The number of rotatable bonds is 7. The van der Waals surface area contributed by atoms with Crippen molar-refractivity contribution < 1.29 is 47.4 Å². The van der Waals surface area contributed by atoms with Gasteiger partial charge in [-0.25, -0.2) is 4.79 Å². The van der Waals surface area contributed by atoms with Crippen molar-refractivity contribution in [1.29, 1.82) is 0 Å². The van der Waals surface area contributed by atoms with Crippen molar-refractivity contribution in [3.8, 4) is 5.75 Å². The number of hydrogen-bond donors (Lipinski definition) is 6. The number of hydrogen-bond acceptors (Lipinski definition) is 7. The van der Waals surface area contributed by atoms with Gasteiger partial charge in [0.2, 0.25) is 23.6 Å². The first-order chi connectivity index (χ1) is 23.2. The van der Waals surface area contributed by atoms with E-state index in [2.05, 4.69) is 16.0 Å². The van der Waals surface area contributed by atoms with E-state index in [1.54, 1.807) is 12.1 Å². The lowest BCUT2D eigenvalue weighted by Crippen LogP contribution is -2.59. The molecule has 5 rings (SSSR count). The number of phenols is 1. The Morgan fingerprint density at radius 3 is 1.73 bits per heavy atom. The molecular weight excluding hydrogens is 647 g/mol. The van der Waals surface area contributed by atoms with Gasteiger partial charge in [0.05, 0.1) is 6.04 Å². The SMILES string of the molecule is N[C@@H](Cc1ccc(O)cc1)C(=O)N1C[C@@H]2C[C@H]1C(=O)N[C@@H](Cc1ccccc1)C(=O)N[C@@H](Cc1ccccc1)C(=O)N2.O=C(O)C(F)(F)F. The van der Waals surface area contributed by atoms with Crippen LogP contribution in [0.5, 0.6) is 5.75 Å². The normalized spacial score (nSPS) is 21.6. The third kappa shape index (κ3) is 10.3. The van der Waals surface area contributed by atoms with E-state index in [0.717, 1.165) is 16.7 Å². The van der Waals surface area contributed by atoms with Crippen molar-refractivity contribution in [2.75, 3.05) is 6.54 Å². The fourth-order valence-corrected chi connectivity index (χ4v) is 5.58. The van der Waals surface area contributed by atoms with Crippen LogP contribution >= 0.6 is 0 Å². The van der Waals surface area contributed by atoms with Gasteiger partial charge in [-0.1, -0.05) is 72.8 Å². The Bertz CT molecular complexity index is 1620. The van der Waals surface area contributed by atoms with Gasteiger partial charge in [-0.2, -0.15) is 13.2 Å². The average molecular weight is 684 g/mol. The Balaban J connectivity index is 0.000000698. The molecule has 3 aromatic rings. The summed E-state index contributed by atoms with van der Waals surface area (Å²) in [4.78, 5) is 64.7. The molecule has 49 heavy (non-hydrogen) atoms. The van der Waals surface area contributed by atoms with E-state index in [0.29, 0.717) is 0 Å². The predicted octanol–water partition coefficient (Wildman–Crippen LogP) is 1.45. The van der Waals surface area contributed by atoms with Crippen molar-refractivity contribution in [1.82, 2.24) is 20.9 Å². The van der Waals surface area contributed by atoms with E-state index in [4.69, 9.17) is 15.6 Å². The maximum absolute atomic E-state index is 13.7. The van der Waals surface area contributed by atoms with Gasteiger partial charge in [-0.05, 0) is 41.7 Å². The second-order valence-corrected chi connectivity index (χ2v) is 11.7. The Morgan fingerprint density at radius 2 is 1.24 bits per heavy atom. The van der Waals surface area contributed by atoms with E-state index in [9.17, 15) is 37.5 Å². The molecule has 12 nitrogen and oxygen atoms in total. The maximum atomic E-state index is 13.7. The smallest absolute Gasteiger partial charge is 0.490 e. The van der Waals surface area contributed by atoms with Crippen LogP contribution in [0, 0.1) is 0 Å². The van der Waals surface area contributed by atoms with E-state index >= 15 is 0 Å². The lowest BCUT2D eigenvalue weighted by Gasteiger charge is -2.29. The van der Waals surface area contributed by atoms with E-state index < -0.39 is 60.1 Å². The van der Waals surface area contributed by atoms with Crippen LogP contribution in [0.2, 0.25) is 0 Å². The zero-order valence-electron chi connectivity index (χ0n) is 26.1. The van der Waals surface area contributed by atoms with Crippen LogP contribution in [0.3, 0.4) is 0 Å². The number of benzene rings is 3. The lowest BCUT2D eigenvalue weighted by atomic mass is 10.0. The minimum absolute atomic E-state index is 0.106. The van der Waals surface area contributed by atoms with Gasteiger partial charge >= 0.3 is 12.1 Å². The number of nitrogens with one attached hydrogen (secondary N) is 3. The topological polar surface area (TPSA) is 191 Å². The summed E-state index contributed by atoms with van der Waals surface area (Å²) >= 11 is 0. The molecule has 0 spiro atoms. The molecule has 2 bridgehead atoms. The van der Waals surface area contributed by atoms with Gasteiger partial charge < -0.3 is 36.8 Å². The Labute approximate surface area is 279 Å². The number of aromatic hydroxyl groups is 1. The lowest BCUT2D eigenvalue weighted by molar-refractivity contribution is -0.192. The highest BCUT2D eigenvalue weighted by atomic mass is 19.4. The summed E-state index contributed by atoms with van der Waals surface area (Å²) < 4.78 is 31.7. The van der Waals surface area contributed by atoms with Gasteiger partial charge in [-0.15, -0.1) is 0 Å². The number of nitrogens with two attached hydrogens (primary N) is 1. The first-order valence-electron chi connectivity index (χ1n) is 15.3. The molecular formula is C34H36F3N5O7. The number of carboxylic acids is 1. The first-order valence-corrected chi connectivity index (χ1v) is 15.3. The quantitative estimate of drug-likeness (QED) is 0.216. The molecule has 0 radical (unpaired) electrons. The standard InChI is InChI=1S/C32H35N5O5.C2HF3O2/c33-25(15-22-11-13-24(38)14-12-22)32(42)37-19-23-18-28(37)31(41)36-27(17-21-9-5-2-6-10-21)30(40)35-26(29(39)34-23)16-20-7-3-1-4-8-20;3-2(4,5)1(6)7/h1-14,23,25-28,38H,15-19,33H2,(H,34,39)(H,35,40)(H,36,41);(H,6,7)/t23-,25-,26-,27-,28-;/m0./s1. The first kappa shape index (κ1) is 36.4. The number of aliphatic carboxylic acids is 1. The summed E-state index contributed by atoms with van der Waals surface area (Å²) in [6.45, 7) is 0.112. The van der Waals surface area contributed by atoms with Crippen molar-refractivity contribution in [2.45, 2.75) is 62.1 Å². The largest absolute Gasteiger partial charge is 0.508 e. The number of carbonyl (C=O) groups is 5. The molecule has 2 saturated heterocycles. The second-order valence-electron chi connectivity index (χ2n) is 11.7. The van der Waals surface area contributed by atoms with E-state index in [-0.39, 0.29) is 43.9 Å². The Hall–Kier alpha value is -5.44. The van der Waals surface area contributed by atoms with Crippen LogP contribution < -0.4 is 21.7 Å². The molecule has 7 N–H and O–H groups in total. The molecule has 0 aliphatic carbocycles. The number of alkyl halides is 3. The number of likely N-dealkylation sites (tertiary alicyclic amines) is 1. The number of phenolic OH excluding ortho intramolecular Hbond substituents is 1. The summed E-state index contributed by atoms with van der Waals surface area (Å²) in [6.07, 6.45) is -4.21. The number of fused-ring (bicyclic) bond motifs is 2. The molecule has 4 amide bonds. The maximum Gasteiger partial charge on any atom is 0.490 e. The fraction of sp³-hybridized carbons (Fsp3) is 0.324. The summed E-state index contributed by atoms with van der Waals surface area (Å²) in [6, 6.07) is 20.9. The van der Waals surface area contributed by atoms with Crippen LogP contribution in [-0.4, -0.2) is 87.6 Å². The van der Waals surface area contributed by atoms with E-state index in [1.165, 1.54) is 17.0 Å². The summed E-state index contributed by atoms with van der Waals surface area (Å²) in [5.41, 5.74) is 8.78. The minimum Gasteiger partial charge on any atom is -0.508 e. The van der Waals surface area contributed by atoms with Gasteiger partial charge in [0.15, 0.2) is 0 Å². The summed E-state index contributed by atoms with van der Waals surface area (Å²) in [5.74, 6) is -4.42. The molecule has 2 heterocycles. The number of halogens is 3. The fourth-order valence-electron chi connectivity index (χ4n) is 5.58. The monoisotopic (exact) mass is 683 g/mol. The van der Waals surface area contributed by atoms with Gasteiger partial charge in [0.25, 0.3) is 0 Å². The highest BCUT2D eigenvalue weighted by molar-refractivity contribution is 5.96. The van der Waals surface area contributed by atoms with Crippen LogP contribution in [0.25, 0.3) is 0 Å². The molecule has 0 unspecified atom stereocenters. The minimum atomic E-state index is -5.08. The highest BCUT2D eigenvalue weighted by Crippen LogP contribution is 2.22. The number of nitrogens with zero attached hydrogens (tertiary/aromatic N) is 1. The second kappa shape index (κ2) is 16.1. The van der Waals surface area contributed by atoms with Gasteiger partial charge in [-0.3, -0.25) is 19.2 Å². The summed E-state index contributed by atoms with van der Waals surface area (Å²) in [5, 5.41) is 25.4. The van der Waals surface area contributed by atoms with Crippen molar-refractivity contribution in [2.24, 2.45) is 5.73 Å². The summed E-state index contributed by atoms with van der Waals surface area (Å²) in [7, 11) is 0. The van der Waals surface area contributed by atoms with Crippen LogP contribution in [0.15, 0.2) is 84.9 Å². The highest BCUT2D eigenvalue weighted by Gasteiger charge is 2.44. The zero-order valence-corrected chi connectivity index (χ0v) is 26.1. The number of carbonyl (C=O) groups excluding carboxylic acids is 4. The van der Waals surface area contributed by atoms with Gasteiger partial charge in [0, 0.05) is 25.4 Å². The molecule has 5 atom stereocenters. The molecule has 2 aliphatic rings. The third-order valence-electron chi connectivity index (χ3n) is 8.02. The van der Waals surface area contributed by atoms with Crippen molar-refractivity contribution in [3.63, 3.8) is 0 Å². The molecule has 15 heteroatoms. The molecule has 0 aromatic heterocycles. The third-order valence-corrected chi connectivity index (χ3v) is 8.02. The molecule has 3 aromatic carbocycles. The van der Waals surface area contributed by atoms with Crippen LogP contribution in [-0.2, 0) is 43.2 Å². The zero-order chi connectivity index (χ0) is 35.7. The van der Waals surface area contributed by atoms with E-state index in [1.807, 2.05) is 60.7 Å². The van der Waals surface area contributed by atoms with Gasteiger partial charge in [0.1, 0.15) is 23.9 Å². The van der Waals surface area contributed by atoms with Crippen LogP contribution in [0.4, 0.5) is 13.2 Å². The molecule has 260 valence electrons. The van der Waals surface area contributed by atoms with Crippen molar-refractivity contribution in [3.05, 3.63) is 102 Å². The Morgan fingerprint density at radius 1 is 0.776 bits per heavy atom. The van der Waals surface area contributed by atoms with Crippen molar-refractivity contribution >= 4 is 29.6 Å². The number of amides is 4. The number of carboxylic acid groups (broad SMARTS) is 1. The molecule has 2 fully saturated rings. The van der Waals surface area contributed by atoms with Crippen LogP contribution in [0.1, 0.15) is 23.1 Å². The Kier molecular flexibility index (Phi) is 12.0. The predicted molar refractivity (Wildman–Crippen MR) is 170 cm³/mol. The molecule has 2 aliphatic heterocycles. The molecule has 0 saturated carbocycles.